The number of carboxylic acid groups (broad SMARTS) is 1. The molecular weight excluding hydrogens is 262 g/mol. The Hall–Kier alpha value is -1.17. The second-order valence-corrected chi connectivity index (χ2v) is 6.68. The van der Waals surface area contributed by atoms with Crippen LogP contribution in [-0.2, 0) is 4.79 Å². The van der Waals surface area contributed by atoms with Crippen LogP contribution < -0.4 is 4.90 Å². The first kappa shape index (κ1) is 12.8. The number of anilines is 1. The van der Waals surface area contributed by atoms with Crippen LogP contribution in [0.1, 0.15) is 50.8 Å². The van der Waals surface area contributed by atoms with Gasteiger partial charge in [0.05, 0.1) is 5.41 Å². The largest absolute Gasteiger partial charge is 0.481 e. The number of hydrogen-bond donors (Lipinski definition) is 1. The van der Waals surface area contributed by atoms with Crippen LogP contribution in [0.2, 0.25) is 0 Å². The van der Waals surface area contributed by atoms with Gasteiger partial charge in [-0.15, -0.1) is 0 Å². The molecule has 1 aliphatic heterocycles. The molecule has 6 heteroatoms. The third-order valence-corrected chi connectivity index (χ3v) is 5.20. The standard InChI is InChI=1S/C13H19N3O2S/c1-13(11(17)18)6-7-16(8-13)12-14-10(15-19-12)9-4-2-3-5-9/h9H,2-8H2,1H3,(H,17,18). The first-order valence-electron chi connectivity index (χ1n) is 6.90. The summed E-state index contributed by atoms with van der Waals surface area (Å²) in [6.45, 7) is 3.12. The predicted molar refractivity (Wildman–Crippen MR) is 73.7 cm³/mol. The highest BCUT2D eigenvalue weighted by Crippen LogP contribution is 2.37. The van der Waals surface area contributed by atoms with Gasteiger partial charge in [-0.05, 0) is 26.2 Å². The zero-order chi connectivity index (χ0) is 13.5. The van der Waals surface area contributed by atoms with Gasteiger partial charge in [-0.2, -0.15) is 4.37 Å². The van der Waals surface area contributed by atoms with E-state index in [1.807, 2.05) is 6.92 Å². The normalized spacial score (nSPS) is 28.2. The maximum Gasteiger partial charge on any atom is 0.311 e. The van der Waals surface area contributed by atoms with Crippen molar-refractivity contribution in [3.05, 3.63) is 5.82 Å². The van der Waals surface area contributed by atoms with Crippen LogP contribution in [0.5, 0.6) is 0 Å². The van der Waals surface area contributed by atoms with E-state index < -0.39 is 11.4 Å². The smallest absolute Gasteiger partial charge is 0.311 e. The Morgan fingerprint density at radius 2 is 2.21 bits per heavy atom. The highest BCUT2D eigenvalue weighted by molar-refractivity contribution is 7.09. The minimum absolute atomic E-state index is 0.526. The third kappa shape index (κ3) is 2.33. The maximum absolute atomic E-state index is 11.3. The average molecular weight is 281 g/mol. The molecular formula is C13H19N3O2S. The van der Waals surface area contributed by atoms with Crippen LogP contribution in [0.25, 0.3) is 0 Å². The van der Waals surface area contributed by atoms with Gasteiger partial charge in [-0.1, -0.05) is 12.8 Å². The molecule has 0 bridgehead atoms. The van der Waals surface area contributed by atoms with Crippen molar-refractivity contribution in [3.8, 4) is 0 Å². The Balaban J connectivity index is 1.72. The van der Waals surface area contributed by atoms with Crippen LogP contribution in [0.15, 0.2) is 0 Å². The third-order valence-electron chi connectivity index (χ3n) is 4.41. The molecule has 1 aliphatic carbocycles. The lowest BCUT2D eigenvalue weighted by Gasteiger charge is -2.18. The molecule has 0 spiro atoms. The molecule has 1 saturated carbocycles. The molecule has 5 nitrogen and oxygen atoms in total. The summed E-state index contributed by atoms with van der Waals surface area (Å²) in [4.78, 5) is 18.0. The maximum atomic E-state index is 11.3. The topological polar surface area (TPSA) is 66.3 Å². The SMILES string of the molecule is CC1(C(=O)O)CCN(c2nc(C3CCCC3)ns2)C1. The summed E-state index contributed by atoms with van der Waals surface area (Å²) in [5.74, 6) is 0.787. The van der Waals surface area contributed by atoms with Crippen molar-refractivity contribution >= 4 is 22.6 Å². The average Bonchev–Trinajstić information content (AvgIpc) is 3.08. The van der Waals surface area contributed by atoms with Gasteiger partial charge in [0.15, 0.2) is 0 Å². The van der Waals surface area contributed by atoms with Crippen molar-refractivity contribution in [2.24, 2.45) is 5.41 Å². The van der Waals surface area contributed by atoms with Crippen molar-refractivity contribution in [2.45, 2.75) is 44.9 Å². The van der Waals surface area contributed by atoms with Crippen LogP contribution in [-0.4, -0.2) is 33.5 Å². The van der Waals surface area contributed by atoms with Gasteiger partial charge in [0.1, 0.15) is 5.82 Å². The monoisotopic (exact) mass is 281 g/mol. The highest BCUT2D eigenvalue weighted by atomic mass is 32.1. The summed E-state index contributed by atoms with van der Waals surface area (Å²) in [5, 5.41) is 10.2. The van der Waals surface area contributed by atoms with E-state index in [-0.39, 0.29) is 0 Å². The minimum Gasteiger partial charge on any atom is -0.481 e. The van der Waals surface area contributed by atoms with E-state index in [4.69, 9.17) is 0 Å². The molecule has 2 fully saturated rings. The lowest BCUT2D eigenvalue weighted by molar-refractivity contribution is -0.146. The van der Waals surface area contributed by atoms with E-state index in [9.17, 15) is 9.90 Å². The van der Waals surface area contributed by atoms with E-state index in [0.717, 1.165) is 17.5 Å². The molecule has 1 saturated heterocycles. The van der Waals surface area contributed by atoms with E-state index in [1.165, 1.54) is 37.2 Å². The summed E-state index contributed by atoms with van der Waals surface area (Å²) >= 11 is 1.42. The molecule has 0 aromatic carbocycles. The fourth-order valence-electron chi connectivity index (χ4n) is 3.00. The highest BCUT2D eigenvalue weighted by Gasteiger charge is 2.41. The number of rotatable bonds is 3. The lowest BCUT2D eigenvalue weighted by Crippen LogP contribution is -2.31. The molecule has 3 rings (SSSR count). The molecule has 1 aromatic heterocycles. The van der Waals surface area contributed by atoms with Crippen LogP contribution >= 0.6 is 11.5 Å². The van der Waals surface area contributed by atoms with Crippen LogP contribution in [0, 0.1) is 5.41 Å². The van der Waals surface area contributed by atoms with E-state index in [1.54, 1.807) is 0 Å². The molecule has 19 heavy (non-hydrogen) atoms. The van der Waals surface area contributed by atoms with Crippen molar-refractivity contribution in [1.29, 1.82) is 0 Å². The number of nitrogens with zero attached hydrogens (tertiary/aromatic N) is 3. The first-order chi connectivity index (χ1) is 9.08. The number of aliphatic carboxylic acids is 1. The van der Waals surface area contributed by atoms with Gasteiger partial charge in [-0.3, -0.25) is 4.79 Å². The molecule has 2 aliphatic rings. The van der Waals surface area contributed by atoms with Gasteiger partial charge in [0, 0.05) is 30.5 Å². The minimum atomic E-state index is -0.712. The quantitative estimate of drug-likeness (QED) is 0.922. The first-order valence-corrected chi connectivity index (χ1v) is 7.68. The van der Waals surface area contributed by atoms with Gasteiger partial charge in [0.25, 0.3) is 0 Å². The predicted octanol–water partition coefficient (Wildman–Crippen LogP) is 2.50. The van der Waals surface area contributed by atoms with E-state index >= 15 is 0 Å². The van der Waals surface area contributed by atoms with E-state index in [2.05, 4.69) is 14.3 Å². The summed E-state index contributed by atoms with van der Waals surface area (Å²) in [7, 11) is 0. The summed E-state index contributed by atoms with van der Waals surface area (Å²) in [6.07, 6.45) is 5.63. The van der Waals surface area contributed by atoms with Crippen molar-refractivity contribution in [3.63, 3.8) is 0 Å². The van der Waals surface area contributed by atoms with Gasteiger partial charge in [-0.25, -0.2) is 4.98 Å². The Kier molecular flexibility index (Phi) is 3.20. The molecule has 2 heterocycles. The number of carbonyl (C=O) groups is 1. The zero-order valence-electron chi connectivity index (χ0n) is 11.1. The summed E-state index contributed by atoms with van der Waals surface area (Å²) in [5.41, 5.74) is -0.640. The summed E-state index contributed by atoms with van der Waals surface area (Å²) < 4.78 is 4.48. The lowest BCUT2D eigenvalue weighted by atomic mass is 9.90. The Bertz CT molecular complexity index is 484. The van der Waals surface area contributed by atoms with E-state index in [0.29, 0.717) is 18.9 Å². The summed E-state index contributed by atoms with van der Waals surface area (Å²) in [6, 6.07) is 0. The van der Waals surface area contributed by atoms with Crippen molar-refractivity contribution in [1.82, 2.24) is 9.36 Å². The molecule has 1 atom stereocenters. The fraction of sp³-hybridized carbons (Fsp3) is 0.769. The van der Waals surface area contributed by atoms with Crippen LogP contribution in [0.3, 0.4) is 0 Å². The Morgan fingerprint density at radius 3 is 2.84 bits per heavy atom. The molecule has 0 radical (unpaired) electrons. The van der Waals surface area contributed by atoms with Crippen molar-refractivity contribution in [2.75, 3.05) is 18.0 Å². The number of aromatic nitrogens is 2. The second kappa shape index (κ2) is 4.74. The number of hydrogen-bond acceptors (Lipinski definition) is 5. The van der Waals surface area contributed by atoms with Crippen LogP contribution in [0.4, 0.5) is 5.13 Å². The van der Waals surface area contributed by atoms with Gasteiger partial charge < -0.3 is 10.0 Å². The number of carboxylic acids is 1. The second-order valence-electron chi connectivity index (χ2n) is 5.95. The molecule has 104 valence electrons. The molecule has 1 N–H and O–H groups in total. The molecule has 1 aromatic rings. The zero-order valence-corrected chi connectivity index (χ0v) is 11.9. The van der Waals surface area contributed by atoms with Crippen molar-refractivity contribution < 1.29 is 9.90 Å². The van der Waals surface area contributed by atoms with Gasteiger partial charge in [0.2, 0.25) is 5.13 Å². The van der Waals surface area contributed by atoms with Gasteiger partial charge >= 0.3 is 5.97 Å². The fourth-order valence-corrected chi connectivity index (χ4v) is 3.77. The molecule has 1 unspecified atom stereocenters. The molecule has 0 amide bonds. The Labute approximate surface area is 116 Å². The Morgan fingerprint density at radius 1 is 1.47 bits per heavy atom.